The summed E-state index contributed by atoms with van der Waals surface area (Å²) in [5.74, 6) is -0.462. The smallest absolute Gasteiger partial charge is 0.131 e. The van der Waals surface area contributed by atoms with Crippen LogP contribution in [0.4, 0.5) is 4.39 Å². The molecule has 1 atom stereocenters. The largest absolute Gasteiger partial charge is 0.508 e. The van der Waals surface area contributed by atoms with Gasteiger partial charge in [-0.1, -0.05) is 6.07 Å². The van der Waals surface area contributed by atoms with Gasteiger partial charge in [-0.2, -0.15) is 0 Å². The minimum atomic E-state index is -0.401. The monoisotopic (exact) mass is 227 g/mol. The number of aromatic hydroxyl groups is 1. The SMILES string of the molecule is CC(NCCCCO)c1ccc(O)cc1F. The van der Waals surface area contributed by atoms with Gasteiger partial charge < -0.3 is 15.5 Å². The Morgan fingerprint density at radius 1 is 1.38 bits per heavy atom. The Kier molecular flexibility index (Phi) is 5.22. The highest BCUT2D eigenvalue weighted by Gasteiger charge is 2.10. The molecule has 0 aliphatic carbocycles. The summed E-state index contributed by atoms with van der Waals surface area (Å²) in [7, 11) is 0. The van der Waals surface area contributed by atoms with E-state index < -0.39 is 5.82 Å². The number of benzene rings is 1. The minimum Gasteiger partial charge on any atom is -0.508 e. The number of hydrogen-bond donors (Lipinski definition) is 3. The van der Waals surface area contributed by atoms with Crippen LogP contribution in [0.2, 0.25) is 0 Å². The van der Waals surface area contributed by atoms with E-state index >= 15 is 0 Å². The summed E-state index contributed by atoms with van der Waals surface area (Å²) in [4.78, 5) is 0. The van der Waals surface area contributed by atoms with Gasteiger partial charge in [0, 0.05) is 24.3 Å². The van der Waals surface area contributed by atoms with E-state index in [2.05, 4.69) is 5.32 Å². The molecule has 1 rings (SSSR count). The van der Waals surface area contributed by atoms with Gasteiger partial charge in [0.15, 0.2) is 0 Å². The van der Waals surface area contributed by atoms with Crippen LogP contribution >= 0.6 is 0 Å². The highest BCUT2D eigenvalue weighted by atomic mass is 19.1. The van der Waals surface area contributed by atoms with Crippen molar-refractivity contribution in [3.05, 3.63) is 29.6 Å². The van der Waals surface area contributed by atoms with Crippen LogP contribution in [0.5, 0.6) is 5.75 Å². The van der Waals surface area contributed by atoms with Gasteiger partial charge in [0.2, 0.25) is 0 Å². The molecule has 0 spiro atoms. The molecule has 3 nitrogen and oxygen atoms in total. The number of halogens is 1. The van der Waals surface area contributed by atoms with Crippen LogP contribution in [-0.2, 0) is 0 Å². The van der Waals surface area contributed by atoms with Crippen molar-refractivity contribution in [2.75, 3.05) is 13.2 Å². The highest BCUT2D eigenvalue weighted by Crippen LogP contribution is 2.20. The second-order valence-corrected chi connectivity index (χ2v) is 3.81. The van der Waals surface area contributed by atoms with Crippen LogP contribution in [0.1, 0.15) is 31.4 Å². The number of nitrogens with one attached hydrogen (secondary N) is 1. The molecule has 0 aliphatic rings. The summed E-state index contributed by atoms with van der Waals surface area (Å²) in [5, 5.41) is 20.8. The van der Waals surface area contributed by atoms with E-state index in [0.29, 0.717) is 5.56 Å². The zero-order valence-electron chi connectivity index (χ0n) is 9.41. The lowest BCUT2D eigenvalue weighted by molar-refractivity contribution is 0.282. The van der Waals surface area contributed by atoms with Gasteiger partial charge >= 0.3 is 0 Å². The van der Waals surface area contributed by atoms with Gasteiger partial charge in [-0.15, -0.1) is 0 Å². The Bertz CT molecular complexity index is 331. The first-order valence-electron chi connectivity index (χ1n) is 5.48. The van der Waals surface area contributed by atoms with Crippen molar-refractivity contribution in [3.63, 3.8) is 0 Å². The zero-order chi connectivity index (χ0) is 12.0. The lowest BCUT2D eigenvalue weighted by atomic mass is 10.1. The normalized spacial score (nSPS) is 12.7. The molecule has 1 aromatic carbocycles. The Labute approximate surface area is 94.9 Å². The fourth-order valence-electron chi connectivity index (χ4n) is 1.53. The molecule has 3 N–H and O–H groups in total. The van der Waals surface area contributed by atoms with Gasteiger partial charge in [0.1, 0.15) is 11.6 Å². The summed E-state index contributed by atoms with van der Waals surface area (Å²) in [6.45, 7) is 2.79. The van der Waals surface area contributed by atoms with Crippen molar-refractivity contribution < 1.29 is 14.6 Å². The van der Waals surface area contributed by atoms with Crippen molar-refractivity contribution in [2.24, 2.45) is 0 Å². The Hall–Kier alpha value is -1.13. The molecule has 0 aliphatic heterocycles. The zero-order valence-corrected chi connectivity index (χ0v) is 9.41. The molecule has 0 radical (unpaired) electrons. The Morgan fingerprint density at radius 2 is 2.12 bits per heavy atom. The predicted octanol–water partition coefficient (Wildman–Crippen LogP) is 1.95. The average Bonchev–Trinajstić information content (AvgIpc) is 2.24. The van der Waals surface area contributed by atoms with Crippen LogP contribution < -0.4 is 5.32 Å². The lowest BCUT2D eigenvalue weighted by Gasteiger charge is -2.14. The second kappa shape index (κ2) is 6.45. The third-order valence-electron chi connectivity index (χ3n) is 2.49. The predicted molar refractivity (Wildman–Crippen MR) is 60.8 cm³/mol. The summed E-state index contributed by atoms with van der Waals surface area (Å²) >= 11 is 0. The maximum absolute atomic E-state index is 13.4. The van der Waals surface area contributed by atoms with Crippen LogP contribution in [0.25, 0.3) is 0 Å². The molecule has 0 heterocycles. The fraction of sp³-hybridized carbons (Fsp3) is 0.500. The van der Waals surface area contributed by atoms with E-state index in [4.69, 9.17) is 10.2 Å². The molecule has 4 heteroatoms. The topological polar surface area (TPSA) is 52.5 Å². The van der Waals surface area contributed by atoms with E-state index in [9.17, 15) is 4.39 Å². The molecule has 1 aromatic rings. The molecular weight excluding hydrogens is 209 g/mol. The second-order valence-electron chi connectivity index (χ2n) is 3.81. The number of aliphatic hydroxyl groups is 1. The highest BCUT2D eigenvalue weighted by molar-refractivity contribution is 5.29. The van der Waals surface area contributed by atoms with Crippen LogP contribution in [0.15, 0.2) is 18.2 Å². The molecule has 90 valence electrons. The average molecular weight is 227 g/mol. The first kappa shape index (κ1) is 12.9. The summed E-state index contributed by atoms with van der Waals surface area (Å²) in [6.07, 6.45) is 1.61. The van der Waals surface area contributed by atoms with Crippen LogP contribution in [0.3, 0.4) is 0 Å². The van der Waals surface area contributed by atoms with Gasteiger partial charge in [0.25, 0.3) is 0 Å². The van der Waals surface area contributed by atoms with Crippen molar-refractivity contribution in [1.82, 2.24) is 5.32 Å². The number of phenolic OH excluding ortho intramolecular Hbond substituents is 1. The first-order valence-corrected chi connectivity index (χ1v) is 5.48. The molecule has 0 saturated carbocycles. The third kappa shape index (κ3) is 3.79. The number of rotatable bonds is 6. The summed E-state index contributed by atoms with van der Waals surface area (Å²) < 4.78 is 13.4. The molecule has 16 heavy (non-hydrogen) atoms. The maximum Gasteiger partial charge on any atom is 0.131 e. The van der Waals surface area contributed by atoms with Crippen molar-refractivity contribution in [1.29, 1.82) is 0 Å². The molecule has 0 saturated heterocycles. The minimum absolute atomic E-state index is 0.0614. The molecule has 0 aromatic heterocycles. The van der Waals surface area contributed by atoms with E-state index in [1.165, 1.54) is 6.07 Å². The van der Waals surface area contributed by atoms with E-state index in [1.807, 2.05) is 6.92 Å². The molecule has 0 fully saturated rings. The number of aliphatic hydroxyl groups excluding tert-OH is 1. The van der Waals surface area contributed by atoms with Crippen LogP contribution in [-0.4, -0.2) is 23.4 Å². The quantitative estimate of drug-likeness (QED) is 0.651. The molecule has 1 unspecified atom stereocenters. The van der Waals surface area contributed by atoms with Gasteiger partial charge in [0.05, 0.1) is 0 Å². The van der Waals surface area contributed by atoms with Crippen molar-refractivity contribution >= 4 is 0 Å². The first-order chi connectivity index (χ1) is 7.65. The van der Waals surface area contributed by atoms with Crippen molar-refractivity contribution in [2.45, 2.75) is 25.8 Å². The van der Waals surface area contributed by atoms with E-state index in [-0.39, 0.29) is 18.4 Å². The maximum atomic E-state index is 13.4. The number of phenols is 1. The Balaban J connectivity index is 2.49. The molecule has 0 amide bonds. The van der Waals surface area contributed by atoms with Gasteiger partial charge in [-0.25, -0.2) is 4.39 Å². The molecular formula is C12H18FNO2. The van der Waals surface area contributed by atoms with Crippen molar-refractivity contribution in [3.8, 4) is 5.75 Å². The van der Waals surface area contributed by atoms with Crippen LogP contribution in [0, 0.1) is 5.82 Å². The number of hydrogen-bond acceptors (Lipinski definition) is 3. The third-order valence-corrected chi connectivity index (χ3v) is 2.49. The van der Waals surface area contributed by atoms with E-state index in [0.717, 1.165) is 25.5 Å². The van der Waals surface area contributed by atoms with E-state index in [1.54, 1.807) is 6.07 Å². The summed E-state index contributed by atoms with van der Waals surface area (Å²) in [5.41, 5.74) is 0.543. The molecule has 0 bridgehead atoms. The summed E-state index contributed by atoms with van der Waals surface area (Å²) in [6, 6.07) is 4.07. The standard InChI is InChI=1S/C12H18FNO2/c1-9(14-6-2-3-7-15)11-5-4-10(16)8-12(11)13/h4-5,8-9,14-16H,2-3,6-7H2,1H3. The van der Waals surface area contributed by atoms with Gasteiger partial charge in [-0.05, 0) is 32.4 Å². The fourth-order valence-corrected chi connectivity index (χ4v) is 1.53. The lowest BCUT2D eigenvalue weighted by Crippen LogP contribution is -2.20. The van der Waals surface area contributed by atoms with Gasteiger partial charge in [-0.3, -0.25) is 0 Å². The Morgan fingerprint density at radius 3 is 2.75 bits per heavy atom. The number of unbranched alkanes of at least 4 members (excludes halogenated alkanes) is 1.